The van der Waals surface area contributed by atoms with Crippen molar-refractivity contribution in [3.8, 4) is 11.3 Å². The molecule has 3 N–H and O–H groups in total. The van der Waals surface area contributed by atoms with Gasteiger partial charge >= 0.3 is 0 Å². The molecular formula is C18H18N4S2. The quantitative estimate of drug-likeness (QED) is 0.467. The zero-order valence-corrected chi connectivity index (χ0v) is 15.1. The van der Waals surface area contributed by atoms with E-state index in [9.17, 15) is 0 Å². The normalized spacial score (nSPS) is 10.2. The van der Waals surface area contributed by atoms with Crippen molar-refractivity contribution in [2.45, 2.75) is 13.8 Å². The van der Waals surface area contributed by atoms with Crippen LogP contribution >= 0.6 is 23.6 Å². The van der Waals surface area contributed by atoms with Crippen LogP contribution in [-0.2, 0) is 0 Å². The first-order valence-electron chi connectivity index (χ1n) is 7.53. The predicted molar refractivity (Wildman–Crippen MR) is 106 cm³/mol. The van der Waals surface area contributed by atoms with Crippen molar-refractivity contribution in [3.05, 3.63) is 65.0 Å². The van der Waals surface area contributed by atoms with E-state index in [0.717, 1.165) is 22.1 Å². The van der Waals surface area contributed by atoms with Crippen LogP contribution in [0, 0.1) is 13.8 Å². The summed E-state index contributed by atoms with van der Waals surface area (Å²) in [6, 6.07) is 16.2. The van der Waals surface area contributed by atoms with Crippen LogP contribution in [0.4, 0.5) is 10.8 Å². The lowest BCUT2D eigenvalue weighted by atomic mass is 10.1. The molecule has 3 rings (SSSR count). The van der Waals surface area contributed by atoms with Gasteiger partial charge in [0.05, 0.1) is 5.69 Å². The van der Waals surface area contributed by atoms with E-state index in [1.165, 1.54) is 22.5 Å². The molecule has 1 heterocycles. The van der Waals surface area contributed by atoms with Gasteiger partial charge in [0.1, 0.15) is 0 Å². The van der Waals surface area contributed by atoms with Crippen LogP contribution in [0.3, 0.4) is 0 Å². The minimum Gasteiger partial charge on any atom is -0.331 e. The number of hydrazine groups is 1. The van der Waals surface area contributed by atoms with Gasteiger partial charge < -0.3 is 5.32 Å². The summed E-state index contributed by atoms with van der Waals surface area (Å²) in [6.45, 7) is 4.17. The van der Waals surface area contributed by atoms with Crippen LogP contribution in [0.15, 0.2) is 53.9 Å². The number of benzene rings is 2. The number of nitrogens with one attached hydrogen (secondary N) is 3. The number of aromatic nitrogens is 1. The lowest BCUT2D eigenvalue weighted by molar-refractivity contribution is 1.12. The van der Waals surface area contributed by atoms with Gasteiger partial charge in [-0.05, 0) is 49.3 Å². The highest BCUT2D eigenvalue weighted by Crippen LogP contribution is 2.24. The summed E-state index contributed by atoms with van der Waals surface area (Å²) < 4.78 is 0. The van der Waals surface area contributed by atoms with Crippen molar-refractivity contribution >= 4 is 39.5 Å². The molecule has 0 saturated heterocycles. The maximum Gasteiger partial charge on any atom is 0.202 e. The minimum absolute atomic E-state index is 0.495. The van der Waals surface area contributed by atoms with E-state index in [1.54, 1.807) is 0 Å². The van der Waals surface area contributed by atoms with Gasteiger partial charge in [-0.25, -0.2) is 4.98 Å². The molecule has 24 heavy (non-hydrogen) atoms. The molecule has 0 radical (unpaired) electrons. The Morgan fingerprint density at radius 3 is 2.58 bits per heavy atom. The molecule has 0 unspecified atom stereocenters. The lowest BCUT2D eigenvalue weighted by Crippen LogP contribution is -2.33. The maximum absolute atomic E-state index is 5.30. The Balaban J connectivity index is 1.56. The molecule has 0 fully saturated rings. The first-order chi connectivity index (χ1) is 11.6. The Bertz CT molecular complexity index is 843. The maximum atomic E-state index is 5.30. The third-order valence-corrected chi connectivity index (χ3v) is 4.58. The van der Waals surface area contributed by atoms with E-state index in [-0.39, 0.29) is 0 Å². The number of rotatable bonds is 4. The molecule has 0 spiro atoms. The molecule has 0 saturated carbocycles. The van der Waals surface area contributed by atoms with Crippen LogP contribution in [-0.4, -0.2) is 10.1 Å². The smallest absolute Gasteiger partial charge is 0.202 e. The molecular weight excluding hydrogens is 336 g/mol. The summed E-state index contributed by atoms with van der Waals surface area (Å²) in [6.07, 6.45) is 0. The van der Waals surface area contributed by atoms with E-state index in [4.69, 9.17) is 12.2 Å². The van der Waals surface area contributed by atoms with E-state index in [2.05, 4.69) is 47.1 Å². The van der Waals surface area contributed by atoms with Crippen molar-refractivity contribution in [1.82, 2.24) is 10.4 Å². The van der Waals surface area contributed by atoms with Gasteiger partial charge in [-0.3, -0.25) is 10.9 Å². The van der Waals surface area contributed by atoms with Crippen molar-refractivity contribution in [3.63, 3.8) is 0 Å². The SMILES string of the molecule is Cc1ccc(NC(=S)NNc2nc(-c3ccccc3)cs2)cc1C. The first-order valence-corrected chi connectivity index (χ1v) is 8.82. The highest BCUT2D eigenvalue weighted by molar-refractivity contribution is 7.80. The second kappa shape index (κ2) is 7.42. The Morgan fingerprint density at radius 2 is 1.83 bits per heavy atom. The Morgan fingerprint density at radius 1 is 1.04 bits per heavy atom. The van der Waals surface area contributed by atoms with E-state index in [1.807, 2.05) is 41.8 Å². The monoisotopic (exact) mass is 354 g/mol. The molecule has 122 valence electrons. The van der Waals surface area contributed by atoms with Crippen LogP contribution in [0.1, 0.15) is 11.1 Å². The van der Waals surface area contributed by atoms with Crippen LogP contribution in [0.2, 0.25) is 0 Å². The fraction of sp³-hybridized carbons (Fsp3) is 0.111. The van der Waals surface area contributed by atoms with Crippen LogP contribution < -0.4 is 16.2 Å². The van der Waals surface area contributed by atoms with Crippen molar-refractivity contribution in [1.29, 1.82) is 0 Å². The number of nitrogens with zero attached hydrogens (tertiary/aromatic N) is 1. The molecule has 2 aromatic carbocycles. The molecule has 0 atom stereocenters. The first kappa shape index (κ1) is 16.4. The average Bonchev–Trinajstić information content (AvgIpc) is 3.06. The molecule has 3 aromatic rings. The van der Waals surface area contributed by atoms with Crippen molar-refractivity contribution < 1.29 is 0 Å². The Hall–Kier alpha value is -2.44. The number of aryl methyl sites for hydroxylation is 2. The van der Waals surface area contributed by atoms with Crippen LogP contribution in [0.5, 0.6) is 0 Å². The Labute approximate surface area is 150 Å². The summed E-state index contributed by atoms with van der Waals surface area (Å²) in [7, 11) is 0. The Kier molecular flexibility index (Phi) is 5.08. The fourth-order valence-electron chi connectivity index (χ4n) is 2.16. The van der Waals surface area contributed by atoms with Gasteiger partial charge in [0.15, 0.2) is 5.11 Å². The number of anilines is 2. The number of hydrogen-bond donors (Lipinski definition) is 3. The number of thiazole rings is 1. The highest BCUT2D eigenvalue weighted by atomic mass is 32.1. The molecule has 0 bridgehead atoms. The summed E-state index contributed by atoms with van der Waals surface area (Å²) in [5, 5.41) is 6.42. The third-order valence-electron chi connectivity index (χ3n) is 3.62. The summed E-state index contributed by atoms with van der Waals surface area (Å²) in [4.78, 5) is 4.54. The van der Waals surface area contributed by atoms with E-state index in [0.29, 0.717) is 5.11 Å². The predicted octanol–water partition coefficient (Wildman–Crippen LogP) is 4.74. The second-order valence-corrected chi connectivity index (χ2v) is 6.67. The van der Waals surface area contributed by atoms with Gasteiger partial charge in [-0.15, -0.1) is 11.3 Å². The molecule has 0 aliphatic rings. The highest BCUT2D eigenvalue weighted by Gasteiger charge is 2.04. The number of hydrogen-bond acceptors (Lipinski definition) is 4. The molecule has 1 aromatic heterocycles. The van der Waals surface area contributed by atoms with Gasteiger partial charge in [-0.1, -0.05) is 36.4 Å². The van der Waals surface area contributed by atoms with Gasteiger partial charge in [0.25, 0.3) is 0 Å². The largest absolute Gasteiger partial charge is 0.331 e. The lowest BCUT2D eigenvalue weighted by Gasteiger charge is -2.11. The van der Waals surface area contributed by atoms with Crippen LogP contribution in [0.25, 0.3) is 11.3 Å². The van der Waals surface area contributed by atoms with Gasteiger partial charge in [0.2, 0.25) is 5.13 Å². The minimum atomic E-state index is 0.495. The topological polar surface area (TPSA) is 49.0 Å². The summed E-state index contributed by atoms with van der Waals surface area (Å²) in [5.41, 5.74) is 11.5. The third kappa shape index (κ3) is 4.10. The molecule has 0 aliphatic carbocycles. The molecule has 6 heteroatoms. The summed E-state index contributed by atoms with van der Waals surface area (Å²) in [5.74, 6) is 0. The zero-order valence-electron chi connectivity index (χ0n) is 13.5. The second-order valence-electron chi connectivity index (χ2n) is 5.41. The van der Waals surface area contributed by atoms with Crippen molar-refractivity contribution in [2.75, 3.05) is 10.7 Å². The number of thiocarbonyl (C=S) groups is 1. The molecule has 0 aliphatic heterocycles. The zero-order chi connectivity index (χ0) is 16.9. The van der Waals surface area contributed by atoms with E-state index >= 15 is 0 Å². The summed E-state index contributed by atoms with van der Waals surface area (Å²) >= 11 is 6.83. The van der Waals surface area contributed by atoms with Gasteiger partial charge in [0, 0.05) is 16.6 Å². The molecule has 4 nitrogen and oxygen atoms in total. The molecule has 0 amide bonds. The van der Waals surface area contributed by atoms with Crippen molar-refractivity contribution in [2.24, 2.45) is 0 Å². The van der Waals surface area contributed by atoms with E-state index < -0.39 is 0 Å². The van der Waals surface area contributed by atoms with Gasteiger partial charge in [-0.2, -0.15) is 0 Å². The standard InChI is InChI=1S/C18H18N4S2/c1-12-8-9-15(10-13(12)2)19-17(23)21-22-18-20-16(11-24-18)14-6-4-3-5-7-14/h3-11H,1-2H3,(H,20,22)(H2,19,21,23). The fourth-order valence-corrected chi connectivity index (χ4v) is 3.01. The average molecular weight is 355 g/mol.